The minimum Gasteiger partial charge on any atom is -0.376 e. The van der Waals surface area contributed by atoms with Crippen LogP contribution in [-0.4, -0.2) is 40.1 Å². The molecule has 0 saturated carbocycles. The molecule has 1 atom stereocenters. The number of ether oxygens (including phenoxy) is 1. The van der Waals surface area contributed by atoms with Crippen molar-refractivity contribution in [1.29, 1.82) is 0 Å². The molecule has 1 aromatic heterocycles. The van der Waals surface area contributed by atoms with Gasteiger partial charge in [-0.2, -0.15) is 0 Å². The van der Waals surface area contributed by atoms with Crippen LogP contribution in [0, 0.1) is 0 Å². The van der Waals surface area contributed by atoms with Crippen molar-refractivity contribution in [3.8, 4) is 0 Å². The van der Waals surface area contributed by atoms with Gasteiger partial charge in [-0.3, -0.25) is 0 Å². The van der Waals surface area contributed by atoms with Crippen molar-refractivity contribution in [1.82, 2.24) is 25.4 Å². The lowest BCUT2D eigenvalue weighted by Gasteiger charge is -2.11. The average molecular weight is 265 g/mol. The number of amides is 2. The van der Waals surface area contributed by atoms with Crippen LogP contribution in [0.15, 0.2) is 0 Å². The number of aromatic nitrogens is 3. The summed E-state index contributed by atoms with van der Waals surface area (Å²) in [6.07, 6.45) is 4.38. The number of urea groups is 1. The summed E-state index contributed by atoms with van der Waals surface area (Å²) in [5.74, 6) is 1.86. The van der Waals surface area contributed by atoms with Gasteiger partial charge in [0.2, 0.25) is 0 Å². The molecule has 0 bridgehead atoms. The Morgan fingerprint density at radius 3 is 3.16 bits per heavy atom. The minimum absolute atomic E-state index is 0.170. The molecule has 1 unspecified atom stereocenters. The maximum Gasteiger partial charge on any atom is 0.315 e. The fourth-order valence-electron chi connectivity index (χ4n) is 2.58. The molecule has 19 heavy (non-hydrogen) atoms. The van der Waals surface area contributed by atoms with E-state index in [4.69, 9.17) is 4.74 Å². The Morgan fingerprint density at radius 1 is 1.37 bits per heavy atom. The first-order valence-electron chi connectivity index (χ1n) is 6.87. The van der Waals surface area contributed by atoms with Crippen molar-refractivity contribution in [2.24, 2.45) is 0 Å². The second-order valence-electron chi connectivity index (χ2n) is 4.99. The summed E-state index contributed by atoms with van der Waals surface area (Å²) in [4.78, 5) is 11.7. The van der Waals surface area contributed by atoms with Crippen LogP contribution >= 0.6 is 0 Å². The fourth-order valence-corrected chi connectivity index (χ4v) is 2.58. The molecule has 0 radical (unpaired) electrons. The predicted molar refractivity (Wildman–Crippen MR) is 67.6 cm³/mol. The summed E-state index contributed by atoms with van der Waals surface area (Å²) in [6.45, 7) is 2.75. The fraction of sp³-hybridized carbons (Fsp3) is 0.750. The predicted octanol–water partition coefficient (Wildman–Crippen LogP) is 0.202. The number of hydrogen-bond donors (Lipinski definition) is 2. The van der Waals surface area contributed by atoms with Crippen molar-refractivity contribution < 1.29 is 9.53 Å². The Hall–Kier alpha value is -1.63. The summed E-state index contributed by atoms with van der Waals surface area (Å²) in [6, 6.07) is -0.175. The van der Waals surface area contributed by atoms with E-state index in [2.05, 4.69) is 25.4 Å². The van der Waals surface area contributed by atoms with E-state index in [1.807, 2.05) is 0 Å². The molecule has 1 aromatic rings. The van der Waals surface area contributed by atoms with Crippen molar-refractivity contribution in [3.05, 3.63) is 11.6 Å². The summed E-state index contributed by atoms with van der Waals surface area (Å²) in [7, 11) is 0. The number of nitrogens with zero attached hydrogens (tertiary/aromatic N) is 3. The summed E-state index contributed by atoms with van der Waals surface area (Å²) in [5, 5.41) is 13.8. The zero-order chi connectivity index (χ0) is 13.1. The summed E-state index contributed by atoms with van der Waals surface area (Å²) < 4.78 is 7.53. The van der Waals surface area contributed by atoms with Gasteiger partial charge in [0.05, 0.1) is 12.6 Å². The van der Waals surface area contributed by atoms with Gasteiger partial charge in [-0.05, 0) is 19.3 Å². The lowest BCUT2D eigenvalue weighted by molar-refractivity contribution is 0.111. The van der Waals surface area contributed by atoms with Crippen LogP contribution in [0.2, 0.25) is 0 Å². The van der Waals surface area contributed by atoms with E-state index in [1.165, 1.54) is 0 Å². The van der Waals surface area contributed by atoms with Crippen molar-refractivity contribution in [2.45, 2.75) is 44.9 Å². The van der Waals surface area contributed by atoms with E-state index in [0.717, 1.165) is 50.5 Å². The van der Waals surface area contributed by atoms with E-state index < -0.39 is 0 Å². The molecule has 0 aromatic carbocycles. The van der Waals surface area contributed by atoms with Gasteiger partial charge in [0.1, 0.15) is 5.82 Å². The molecule has 104 valence electrons. The van der Waals surface area contributed by atoms with Gasteiger partial charge in [-0.1, -0.05) is 0 Å². The molecule has 2 aliphatic heterocycles. The minimum atomic E-state index is -0.175. The number of hydrogen-bond acceptors (Lipinski definition) is 4. The van der Waals surface area contributed by atoms with E-state index in [-0.39, 0.29) is 12.1 Å². The van der Waals surface area contributed by atoms with Gasteiger partial charge in [0.25, 0.3) is 0 Å². The first kappa shape index (κ1) is 12.4. The monoisotopic (exact) mass is 265 g/mol. The van der Waals surface area contributed by atoms with Crippen LogP contribution in [0.25, 0.3) is 0 Å². The molecular weight excluding hydrogens is 246 g/mol. The zero-order valence-corrected chi connectivity index (χ0v) is 10.9. The highest BCUT2D eigenvalue weighted by atomic mass is 16.5. The molecule has 7 nitrogen and oxygen atoms in total. The van der Waals surface area contributed by atoms with Crippen molar-refractivity contribution in [3.63, 3.8) is 0 Å². The van der Waals surface area contributed by atoms with Crippen LogP contribution in [0.4, 0.5) is 4.79 Å². The first-order chi connectivity index (χ1) is 9.33. The quantitative estimate of drug-likeness (QED) is 0.815. The largest absolute Gasteiger partial charge is 0.376 e. The average Bonchev–Trinajstić information content (AvgIpc) is 3.11. The molecule has 1 saturated heterocycles. The summed E-state index contributed by atoms with van der Waals surface area (Å²) in [5.41, 5.74) is 0. The standard InChI is InChI=1S/C12H19N5O2/c18-12(13-7-9-3-2-6-19-9)14-8-11-16-15-10-4-1-5-17(10)11/h9H,1-8H2,(H2,13,14,18). The van der Waals surface area contributed by atoms with Crippen LogP contribution in [0.3, 0.4) is 0 Å². The van der Waals surface area contributed by atoms with E-state index in [1.54, 1.807) is 0 Å². The van der Waals surface area contributed by atoms with Gasteiger partial charge in [0, 0.05) is 26.1 Å². The van der Waals surface area contributed by atoms with Crippen LogP contribution < -0.4 is 10.6 Å². The lowest BCUT2D eigenvalue weighted by atomic mass is 10.2. The Balaban J connectivity index is 1.42. The second-order valence-corrected chi connectivity index (χ2v) is 4.99. The number of nitrogens with one attached hydrogen (secondary N) is 2. The topological polar surface area (TPSA) is 81.1 Å². The van der Waals surface area contributed by atoms with Crippen molar-refractivity contribution in [2.75, 3.05) is 13.2 Å². The third kappa shape index (κ3) is 2.86. The van der Waals surface area contributed by atoms with E-state index >= 15 is 0 Å². The number of carbonyl (C=O) groups is 1. The Morgan fingerprint density at radius 2 is 2.32 bits per heavy atom. The molecule has 3 heterocycles. The number of rotatable bonds is 4. The highest BCUT2D eigenvalue weighted by Crippen LogP contribution is 2.13. The smallest absolute Gasteiger partial charge is 0.315 e. The third-order valence-corrected chi connectivity index (χ3v) is 3.61. The van der Waals surface area contributed by atoms with Crippen LogP contribution in [0.5, 0.6) is 0 Å². The van der Waals surface area contributed by atoms with Gasteiger partial charge in [-0.25, -0.2) is 4.79 Å². The van der Waals surface area contributed by atoms with Gasteiger partial charge >= 0.3 is 6.03 Å². The van der Waals surface area contributed by atoms with E-state index in [9.17, 15) is 4.79 Å². The zero-order valence-electron chi connectivity index (χ0n) is 10.9. The first-order valence-corrected chi connectivity index (χ1v) is 6.87. The number of aryl methyl sites for hydroxylation is 1. The maximum atomic E-state index is 11.7. The molecule has 0 spiro atoms. The molecule has 2 N–H and O–H groups in total. The highest BCUT2D eigenvalue weighted by molar-refractivity contribution is 5.73. The van der Waals surface area contributed by atoms with E-state index in [0.29, 0.717) is 13.1 Å². The molecular formula is C12H19N5O2. The highest BCUT2D eigenvalue weighted by Gasteiger charge is 2.18. The Kier molecular flexibility index (Phi) is 3.63. The number of carbonyl (C=O) groups excluding carboxylic acids is 1. The molecule has 0 aliphatic carbocycles. The Bertz CT molecular complexity index is 453. The molecule has 1 fully saturated rings. The van der Waals surface area contributed by atoms with Crippen LogP contribution in [0.1, 0.15) is 30.9 Å². The van der Waals surface area contributed by atoms with Gasteiger partial charge in [-0.15, -0.1) is 10.2 Å². The summed E-state index contributed by atoms with van der Waals surface area (Å²) >= 11 is 0. The van der Waals surface area contributed by atoms with Gasteiger partial charge in [0.15, 0.2) is 5.82 Å². The molecule has 3 rings (SSSR count). The Labute approximate surface area is 111 Å². The second kappa shape index (κ2) is 5.56. The lowest BCUT2D eigenvalue weighted by Crippen LogP contribution is -2.39. The normalized spacial score (nSPS) is 21.4. The molecule has 7 heteroatoms. The third-order valence-electron chi connectivity index (χ3n) is 3.61. The SMILES string of the molecule is O=C(NCc1nnc2n1CCC2)NCC1CCCO1. The maximum absolute atomic E-state index is 11.7. The molecule has 2 amide bonds. The van der Waals surface area contributed by atoms with Crippen LogP contribution in [-0.2, 0) is 24.2 Å². The molecule has 2 aliphatic rings. The number of fused-ring (bicyclic) bond motifs is 1. The van der Waals surface area contributed by atoms with Gasteiger partial charge < -0.3 is 19.9 Å². The van der Waals surface area contributed by atoms with Crippen molar-refractivity contribution >= 4 is 6.03 Å².